The molecular weight excluding hydrogens is 512 g/mol. The number of amides is 3. The van der Waals surface area contributed by atoms with Crippen molar-refractivity contribution >= 4 is 17.7 Å². The molecule has 3 aromatic rings. The van der Waals surface area contributed by atoms with Gasteiger partial charge in [0.1, 0.15) is 23.4 Å². The molecule has 3 aliphatic rings. The highest BCUT2D eigenvalue weighted by Crippen LogP contribution is 2.28. The number of piperidine rings is 1. The smallest absolute Gasteiger partial charge is 0.258 e. The highest BCUT2D eigenvalue weighted by molar-refractivity contribution is 5.95. The second-order valence-corrected chi connectivity index (χ2v) is 9.92. The number of aromatic nitrogens is 1. The minimum atomic E-state index is -0.474. The van der Waals surface area contributed by atoms with Gasteiger partial charge in [-0.25, -0.2) is 0 Å². The van der Waals surface area contributed by atoms with Crippen molar-refractivity contribution in [2.45, 2.75) is 38.5 Å². The molecule has 1 fully saturated rings. The Labute approximate surface area is 232 Å². The highest BCUT2D eigenvalue weighted by atomic mass is 16.5. The molecule has 2 aromatic carbocycles. The lowest BCUT2D eigenvalue weighted by Gasteiger charge is -2.39. The first-order valence-corrected chi connectivity index (χ1v) is 13.2. The molecule has 2 N–H and O–H groups in total. The standard InChI is InChI=1S/C30H32N4O6/c1-19-3-4-21-14-26(19)39-18-28(35)32-16-22-5-6-23(15-27(22)38-2)40-25-9-12-34(17-24(25)33-30(21)37)29(36)13-20-7-10-31-11-8-20/h3-8,10-11,14-15,24-25H,9,12-13,16-18H2,1-2H3,(H,32,35)(H,33,37)/t24-,25+/m0/s1. The molecule has 0 unspecified atom stereocenters. The van der Waals surface area contributed by atoms with Crippen LogP contribution in [0, 0.1) is 6.92 Å². The van der Waals surface area contributed by atoms with Crippen molar-refractivity contribution in [2.24, 2.45) is 0 Å². The molecule has 0 radical (unpaired) electrons. The van der Waals surface area contributed by atoms with Gasteiger partial charge in [0.15, 0.2) is 6.61 Å². The van der Waals surface area contributed by atoms with Gasteiger partial charge in [-0.1, -0.05) is 6.07 Å². The van der Waals surface area contributed by atoms with E-state index in [0.29, 0.717) is 42.3 Å². The van der Waals surface area contributed by atoms with Crippen LogP contribution >= 0.6 is 0 Å². The second kappa shape index (κ2) is 12.1. The van der Waals surface area contributed by atoms with Gasteiger partial charge in [-0.2, -0.15) is 0 Å². The zero-order valence-electron chi connectivity index (χ0n) is 22.5. The van der Waals surface area contributed by atoms with Crippen molar-refractivity contribution in [1.82, 2.24) is 20.5 Å². The minimum Gasteiger partial charge on any atom is -0.496 e. The number of hydrogen-bond acceptors (Lipinski definition) is 7. The number of carbonyl (C=O) groups is 3. The molecule has 10 heteroatoms. The number of aryl methyl sites for hydroxylation is 1. The van der Waals surface area contributed by atoms with E-state index >= 15 is 0 Å². The molecule has 208 valence electrons. The fourth-order valence-electron chi connectivity index (χ4n) is 4.88. The van der Waals surface area contributed by atoms with E-state index in [1.807, 2.05) is 31.2 Å². The number of carbonyl (C=O) groups excluding carboxylic acids is 3. The molecule has 0 saturated carbocycles. The summed E-state index contributed by atoms with van der Waals surface area (Å²) in [6, 6.07) is 13.7. The Morgan fingerprint density at radius 3 is 2.75 bits per heavy atom. The fraction of sp³-hybridized carbons (Fsp3) is 0.333. The van der Waals surface area contributed by atoms with Gasteiger partial charge in [0, 0.05) is 55.6 Å². The van der Waals surface area contributed by atoms with E-state index in [2.05, 4.69) is 15.6 Å². The first kappa shape index (κ1) is 27.0. The summed E-state index contributed by atoms with van der Waals surface area (Å²) >= 11 is 0. The maximum Gasteiger partial charge on any atom is 0.258 e. The quantitative estimate of drug-likeness (QED) is 0.520. The first-order valence-electron chi connectivity index (χ1n) is 13.2. The van der Waals surface area contributed by atoms with Crippen LogP contribution in [-0.2, 0) is 22.6 Å². The van der Waals surface area contributed by atoms with E-state index < -0.39 is 6.04 Å². The summed E-state index contributed by atoms with van der Waals surface area (Å²) in [5, 5.41) is 5.92. The number of likely N-dealkylation sites (tertiary alicyclic amines) is 1. The Hall–Kier alpha value is -4.60. The second-order valence-electron chi connectivity index (χ2n) is 9.92. The third-order valence-electron chi connectivity index (χ3n) is 7.15. The van der Waals surface area contributed by atoms with E-state index in [0.717, 1.165) is 16.7 Å². The fourth-order valence-corrected chi connectivity index (χ4v) is 4.88. The van der Waals surface area contributed by atoms with Gasteiger partial charge >= 0.3 is 0 Å². The van der Waals surface area contributed by atoms with E-state index in [-0.39, 0.29) is 43.4 Å². The van der Waals surface area contributed by atoms with Crippen LogP contribution in [0.2, 0.25) is 0 Å². The molecule has 1 aromatic heterocycles. The summed E-state index contributed by atoms with van der Waals surface area (Å²) in [5.74, 6) is 0.918. The molecule has 4 bridgehead atoms. The number of benzene rings is 2. The molecule has 0 aliphatic carbocycles. The van der Waals surface area contributed by atoms with Gasteiger partial charge in [-0.3, -0.25) is 19.4 Å². The molecule has 2 atom stereocenters. The Morgan fingerprint density at radius 2 is 1.95 bits per heavy atom. The van der Waals surface area contributed by atoms with Crippen molar-refractivity contribution < 1.29 is 28.6 Å². The Kier molecular flexibility index (Phi) is 8.14. The molecule has 3 aliphatic heterocycles. The molecular formula is C30H32N4O6. The van der Waals surface area contributed by atoms with Gasteiger partial charge in [-0.15, -0.1) is 0 Å². The van der Waals surface area contributed by atoms with Crippen LogP contribution in [0.25, 0.3) is 0 Å². The minimum absolute atomic E-state index is 0.0310. The average Bonchev–Trinajstić information content (AvgIpc) is 2.97. The summed E-state index contributed by atoms with van der Waals surface area (Å²) in [4.78, 5) is 44.8. The summed E-state index contributed by atoms with van der Waals surface area (Å²) < 4.78 is 17.7. The number of hydrogen-bond donors (Lipinski definition) is 2. The molecule has 10 nitrogen and oxygen atoms in total. The molecule has 3 amide bonds. The van der Waals surface area contributed by atoms with Crippen LogP contribution < -0.4 is 24.8 Å². The number of rotatable bonds is 3. The van der Waals surface area contributed by atoms with Crippen molar-refractivity contribution in [2.75, 3.05) is 26.8 Å². The Morgan fingerprint density at radius 1 is 1.12 bits per heavy atom. The normalized spacial score (nSPS) is 19.3. The number of nitrogens with zero attached hydrogens (tertiary/aromatic N) is 2. The van der Waals surface area contributed by atoms with Crippen LogP contribution in [0.5, 0.6) is 17.2 Å². The van der Waals surface area contributed by atoms with Crippen molar-refractivity contribution in [3.8, 4) is 17.2 Å². The summed E-state index contributed by atoms with van der Waals surface area (Å²) in [6.07, 6.45) is 3.71. The number of fused-ring (bicyclic) bond motifs is 7. The zero-order chi connectivity index (χ0) is 28.1. The van der Waals surface area contributed by atoms with Crippen LogP contribution in [0.3, 0.4) is 0 Å². The largest absolute Gasteiger partial charge is 0.496 e. The lowest BCUT2D eigenvalue weighted by Crippen LogP contribution is -2.58. The van der Waals surface area contributed by atoms with Gasteiger partial charge in [0.05, 0.1) is 19.6 Å². The van der Waals surface area contributed by atoms with Crippen LogP contribution in [0.15, 0.2) is 60.9 Å². The third-order valence-corrected chi connectivity index (χ3v) is 7.15. The monoisotopic (exact) mass is 544 g/mol. The van der Waals surface area contributed by atoms with Gasteiger partial charge < -0.3 is 29.7 Å². The average molecular weight is 545 g/mol. The van der Waals surface area contributed by atoms with Crippen molar-refractivity contribution in [1.29, 1.82) is 0 Å². The van der Waals surface area contributed by atoms with E-state index in [9.17, 15) is 14.4 Å². The van der Waals surface area contributed by atoms with Crippen molar-refractivity contribution in [3.63, 3.8) is 0 Å². The van der Waals surface area contributed by atoms with Gasteiger partial charge in [0.25, 0.3) is 11.8 Å². The zero-order valence-corrected chi connectivity index (χ0v) is 22.5. The summed E-state index contributed by atoms with van der Waals surface area (Å²) in [5.41, 5.74) is 2.84. The molecule has 1 saturated heterocycles. The molecule has 0 spiro atoms. The number of ether oxygens (including phenoxy) is 3. The highest BCUT2D eigenvalue weighted by Gasteiger charge is 2.34. The molecule has 40 heavy (non-hydrogen) atoms. The summed E-state index contributed by atoms with van der Waals surface area (Å²) in [7, 11) is 1.56. The maximum absolute atomic E-state index is 13.4. The van der Waals surface area contributed by atoms with Crippen molar-refractivity contribution in [3.05, 3.63) is 83.2 Å². The molecule has 4 heterocycles. The van der Waals surface area contributed by atoms with Crippen LogP contribution in [0.4, 0.5) is 0 Å². The topological polar surface area (TPSA) is 119 Å². The van der Waals surface area contributed by atoms with E-state index in [1.165, 1.54) is 0 Å². The van der Waals surface area contributed by atoms with Crippen LogP contribution in [-0.4, -0.2) is 66.6 Å². The first-order chi connectivity index (χ1) is 19.4. The molecule has 6 rings (SSSR count). The number of pyridine rings is 1. The Balaban J connectivity index is 1.43. The lowest BCUT2D eigenvalue weighted by atomic mass is 10.00. The number of methoxy groups -OCH3 is 1. The van der Waals surface area contributed by atoms with E-state index in [4.69, 9.17) is 14.2 Å². The Bertz CT molecular complexity index is 1400. The summed E-state index contributed by atoms with van der Waals surface area (Å²) in [6.45, 7) is 2.69. The lowest BCUT2D eigenvalue weighted by molar-refractivity contribution is -0.133. The number of nitrogens with one attached hydrogen (secondary N) is 2. The predicted octanol–water partition coefficient (Wildman–Crippen LogP) is 2.43. The van der Waals surface area contributed by atoms with E-state index in [1.54, 1.807) is 48.7 Å². The van der Waals surface area contributed by atoms with Gasteiger partial charge in [0.2, 0.25) is 5.91 Å². The maximum atomic E-state index is 13.4. The predicted molar refractivity (Wildman–Crippen MR) is 146 cm³/mol. The SMILES string of the molecule is COc1cc2ccc1CNC(=O)COc1cc(ccc1C)C(=O)N[C@H]1CN(C(=O)Cc3ccncc3)CC[C@H]1O2. The van der Waals surface area contributed by atoms with Gasteiger partial charge in [-0.05, 0) is 54.4 Å². The third kappa shape index (κ3) is 6.33. The van der Waals surface area contributed by atoms with Crippen LogP contribution in [0.1, 0.15) is 33.5 Å².